The lowest BCUT2D eigenvalue weighted by Gasteiger charge is -2.34. The SMILES string of the molecule is COc1cccc(CNC(=O)CN2CCCN(Cc3ccccc3Cl)S2(=O)=O)c1. The van der Waals surface area contributed by atoms with Gasteiger partial charge in [0.25, 0.3) is 10.2 Å². The third-order valence-corrected chi connectivity index (χ3v) is 7.01. The van der Waals surface area contributed by atoms with Crippen molar-refractivity contribution < 1.29 is 17.9 Å². The normalized spacial score (nSPS) is 17.0. The highest BCUT2D eigenvalue weighted by molar-refractivity contribution is 7.86. The molecule has 0 bridgehead atoms. The molecule has 2 aromatic carbocycles. The number of hydrogen-bond donors (Lipinski definition) is 1. The van der Waals surface area contributed by atoms with E-state index in [2.05, 4.69) is 5.32 Å². The number of methoxy groups -OCH3 is 1. The van der Waals surface area contributed by atoms with Gasteiger partial charge in [-0.25, -0.2) is 0 Å². The third kappa shape index (κ3) is 5.48. The molecule has 156 valence electrons. The average molecular weight is 438 g/mol. The molecule has 1 fully saturated rings. The zero-order valence-electron chi connectivity index (χ0n) is 16.2. The lowest BCUT2D eigenvalue weighted by molar-refractivity contribution is -0.121. The second-order valence-corrected chi connectivity index (χ2v) is 9.08. The van der Waals surface area contributed by atoms with Gasteiger partial charge in [-0.15, -0.1) is 0 Å². The summed E-state index contributed by atoms with van der Waals surface area (Å²) < 4.78 is 33.6. The number of rotatable bonds is 7. The molecule has 0 saturated carbocycles. The van der Waals surface area contributed by atoms with Gasteiger partial charge < -0.3 is 10.1 Å². The van der Waals surface area contributed by atoms with Crippen molar-refractivity contribution in [3.05, 3.63) is 64.7 Å². The molecule has 0 spiro atoms. The first-order valence-corrected chi connectivity index (χ1v) is 11.1. The Bertz CT molecular complexity index is 968. The zero-order valence-corrected chi connectivity index (χ0v) is 17.7. The molecule has 1 aliphatic rings. The van der Waals surface area contributed by atoms with Gasteiger partial charge in [0.05, 0.1) is 13.7 Å². The van der Waals surface area contributed by atoms with E-state index in [1.165, 1.54) is 8.61 Å². The first-order chi connectivity index (χ1) is 13.9. The fourth-order valence-corrected chi connectivity index (χ4v) is 4.98. The number of halogens is 1. The van der Waals surface area contributed by atoms with E-state index in [9.17, 15) is 13.2 Å². The Morgan fingerprint density at radius 3 is 2.66 bits per heavy atom. The van der Waals surface area contributed by atoms with Gasteiger partial charge in [0.2, 0.25) is 5.91 Å². The van der Waals surface area contributed by atoms with Crippen LogP contribution >= 0.6 is 11.6 Å². The van der Waals surface area contributed by atoms with Crippen molar-refractivity contribution in [1.29, 1.82) is 0 Å². The Morgan fingerprint density at radius 1 is 1.14 bits per heavy atom. The van der Waals surface area contributed by atoms with Crippen molar-refractivity contribution in [3.8, 4) is 5.75 Å². The van der Waals surface area contributed by atoms with Crippen molar-refractivity contribution >= 4 is 27.7 Å². The van der Waals surface area contributed by atoms with E-state index in [0.717, 1.165) is 11.1 Å². The van der Waals surface area contributed by atoms with Gasteiger partial charge in [-0.3, -0.25) is 4.79 Å². The van der Waals surface area contributed by atoms with Crippen LogP contribution in [0, 0.1) is 0 Å². The Kier molecular flexibility index (Phi) is 7.13. The highest BCUT2D eigenvalue weighted by Gasteiger charge is 2.34. The Morgan fingerprint density at radius 2 is 1.90 bits per heavy atom. The fourth-order valence-electron chi connectivity index (χ4n) is 3.15. The highest BCUT2D eigenvalue weighted by Crippen LogP contribution is 2.23. The summed E-state index contributed by atoms with van der Waals surface area (Å²) in [6.45, 7) is 0.978. The van der Waals surface area contributed by atoms with Crippen LogP contribution in [0.1, 0.15) is 17.5 Å². The maximum Gasteiger partial charge on any atom is 0.282 e. The minimum atomic E-state index is -3.74. The van der Waals surface area contributed by atoms with Crippen LogP contribution in [0.15, 0.2) is 48.5 Å². The predicted molar refractivity (Wildman–Crippen MR) is 112 cm³/mol. The number of nitrogens with one attached hydrogen (secondary N) is 1. The van der Waals surface area contributed by atoms with Gasteiger partial charge in [0, 0.05) is 31.2 Å². The Hall–Kier alpha value is -2.13. The number of carbonyl (C=O) groups excluding carboxylic acids is 1. The molecule has 1 heterocycles. The molecule has 0 radical (unpaired) electrons. The smallest absolute Gasteiger partial charge is 0.282 e. The van der Waals surface area contributed by atoms with Crippen LogP contribution in [0.5, 0.6) is 5.75 Å². The summed E-state index contributed by atoms with van der Waals surface area (Å²) in [6.07, 6.45) is 0.646. The fraction of sp³-hybridized carbons (Fsp3) is 0.350. The van der Waals surface area contributed by atoms with E-state index in [4.69, 9.17) is 16.3 Å². The molecule has 1 N–H and O–H groups in total. The summed E-state index contributed by atoms with van der Waals surface area (Å²) in [5.74, 6) is 0.349. The summed E-state index contributed by atoms with van der Waals surface area (Å²) in [5, 5.41) is 3.29. The minimum Gasteiger partial charge on any atom is -0.497 e. The van der Waals surface area contributed by atoms with Crippen LogP contribution in [0.3, 0.4) is 0 Å². The standard InChI is InChI=1S/C20H24ClN3O4S/c1-28-18-8-4-6-16(12-18)13-22-20(25)15-24-11-5-10-23(29(24,26)27)14-17-7-2-3-9-19(17)21/h2-4,6-9,12H,5,10-11,13-15H2,1H3,(H,22,25). The maximum absolute atomic E-state index is 12.9. The van der Waals surface area contributed by atoms with E-state index in [-0.39, 0.29) is 19.0 Å². The zero-order chi connectivity index (χ0) is 20.9. The Labute approximate surface area is 176 Å². The predicted octanol–water partition coefficient (Wildman–Crippen LogP) is 2.42. The first kappa shape index (κ1) is 21.6. The van der Waals surface area contributed by atoms with Gasteiger partial charge in [-0.2, -0.15) is 17.0 Å². The van der Waals surface area contributed by atoms with Crippen LogP contribution in [0.2, 0.25) is 5.02 Å². The van der Waals surface area contributed by atoms with Crippen LogP contribution in [-0.4, -0.2) is 49.7 Å². The van der Waals surface area contributed by atoms with Crippen molar-refractivity contribution in [3.63, 3.8) is 0 Å². The van der Waals surface area contributed by atoms with E-state index < -0.39 is 10.2 Å². The number of amides is 1. The second-order valence-electron chi connectivity index (χ2n) is 6.75. The second kappa shape index (κ2) is 9.58. The monoisotopic (exact) mass is 437 g/mol. The van der Waals surface area contributed by atoms with Crippen molar-refractivity contribution in [2.24, 2.45) is 0 Å². The largest absolute Gasteiger partial charge is 0.497 e. The van der Waals surface area contributed by atoms with Crippen LogP contribution < -0.4 is 10.1 Å². The van der Waals surface area contributed by atoms with Crippen molar-refractivity contribution in [2.45, 2.75) is 19.5 Å². The van der Waals surface area contributed by atoms with E-state index in [1.807, 2.05) is 30.3 Å². The minimum absolute atomic E-state index is 0.184. The number of nitrogens with zero attached hydrogens (tertiary/aromatic N) is 2. The number of benzene rings is 2. The number of hydrogen-bond acceptors (Lipinski definition) is 4. The van der Waals surface area contributed by atoms with Crippen molar-refractivity contribution in [1.82, 2.24) is 13.9 Å². The summed E-state index contributed by atoms with van der Waals surface area (Å²) in [4.78, 5) is 12.4. The molecular formula is C20H24ClN3O4S. The van der Waals surface area contributed by atoms with Gasteiger partial charge in [-0.05, 0) is 35.7 Å². The molecule has 0 aliphatic carbocycles. The van der Waals surface area contributed by atoms with E-state index >= 15 is 0 Å². The third-order valence-electron chi connectivity index (χ3n) is 4.72. The molecule has 7 nitrogen and oxygen atoms in total. The van der Waals surface area contributed by atoms with E-state index in [1.54, 1.807) is 25.3 Å². The molecule has 1 aliphatic heterocycles. The van der Waals surface area contributed by atoms with Crippen molar-refractivity contribution in [2.75, 3.05) is 26.7 Å². The molecule has 9 heteroatoms. The van der Waals surface area contributed by atoms with Gasteiger partial charge in [0.15, 0.2) is 0 Å². The molecule has 0 atom stereocenters. The topological polar surface area (TPSA) is 79.0 Å². The van der Waals surface area contributed by atoms with Crippen LogP contribution in [-0.2, 0) is 28.1 Å². The molecule has 1 amide bonds. The average Bonchev–Trinajstić information content (AvgIpc) is 2.71. The van der Waals surface area contributed by atoms with Gasteiger partial charge in [-0.1, -0.05) is 41.9 Å². The summed E-state index contributed by atoms with van der Waals surface area (Å²) in [6, 6.07) is 14.5. The first-order valence-electron chi connectivity index (χ1n) is 9.28. The molecular weight excluding hydrogens is 414 g/mol. The summed E-state index contributed by atoms with van der Waals surface area (Å²) in [5.41, 5.74) is 1.61. The molecule has 3 rings (SSSR count). The molecule has 1 saturated heterocycles. The molecule has 2 aromatic rings. The quantitative estimate of drug-likeness (QED) is 0.721. The number of carbonyl (C=O) groups is 1. The number of ether oxygens (including phenoxy) is 1. The van der Waals surface area contributed by atoms with Crippen LogP contribution in [0.25, 0.3) is 0 Å². The lowest BCUT2D eigenvalue weighted by atomic mass is 10.2. The maximum atomic E-state index is 12.9. The van der Waals surface area contributed by atoms with E-state index in [0.29, 0.717) is 36.8 Å². The summed E-state index contributed by atoms with van der Waals surface area (Å²) in [7, 11) is -2.16. The lowest BCUT2D eigenvalue weighted by Crippen LogP contribution is -2.52. The van der Waals surface area contributed by atoms with Gasteiger partial charge >= 0.3 is 0 Å². The molecule has 0 aromatic heterocycles. The molecule has 0 unspecified atom stereocenters. The highest BCUT2D eigenvalue weighted by atomic mass is 35.5. The van der Waals surface area contributed by atoms with Crippen LogP contribution in [0.4, 0.5) is 0 Å². The van der Waals surface area contributed by atoms with Gasteiger partial charge in [0.1, 0.15) is 5.75 Å². The Balaban J connectivity index is 1.61. The molecule has 29 heavy (non-hydrogen) atoms. The summed E-state index contributed by atoms with van der Waals surface area (Å²) >= 11 is 6.17.